The quantitative estimate of drug-likeness (QED) is 0.159. The van der Waals surface area contributed by atoms with E-state index in [0.29, 0.717) is 21.9 Å². The Morgan fingerprint density at radius 3 is 0.826 bits per heavy atom. The van der Waals surface area contributed by atoms with Gasteiger partial charge in [0, 0.05) is 0 Å². The van der Waals surface area contributed by atoms with Crippen molar-refractivity contribution in [1.82, 2.24) is 0 Å². The fourth-order valence-corrected chi connectivity index (χ4v) is 7.44. The molecule has 0 unspecified atom stereocenters. The normalized spacial score (nSPS) is 11.8. The van der Waals surface area contributed by atoms with Crippen LogP contribution in [-0.4, -0.2) is 31.4 Å². The van der Waals surface area contributed by atoms with Crippen molar-refractivity contribution in [2.24, 2.45) is 0 Å². The summed E-state index contributed by atoms with van der Waals surface area (Å²) in [6.45, 7) is 4.38. The summed E-state index contributed by atoms with van der Waals surface area (Å²) in [6, 6.07) is 51.0. The summed E-state index contributed by atoms with van der Waals surface area (Å²) in [7, 11) is 26.7. The Balaban J connectivity index is 2.00. The Hall–Kier alpha value is -4.42. The molecule has 0 N–H and O–H groups in total. The van der Waals surface area contributed by atoms with Crippen LogP contribution in [0.5, 0.6) is 0 Å². The van der Waals surface area contributed by atoms with Gasteiger partial charge in [-0.2, -0.15) is 0 Å². The van der Waals surface area contributed by atoms with E-state index in [4.69, 9.17) is 31.4 Å². The van der Waals surface area contributed by atoms with Crippen molar-refractivity contribution in [1.29, 1.82) is 0 Å². The van der Waals surface area contributed by atoms with Crippen molar-refractivity contribution in [2.45, 2.75) is 37.5 Å². The summed E-state index contributed by atoms with van der Waals surface area (Å²) in [5.41, 5.74) is 9.63. The number of benzene rings is 6. The summed E-state index contributed by atoms with van der Waals surface area (Å²) < 4.78 is 0. The summed E-state index contributed by atoms with van der Waals surface area (Å²) in [5, 5.41) is 0. The van der Waals surface area contributed by atoms with Crippen molar-refractivity contribution in [3.8, 4) is 0 Å². The second-order valence-electron chi connectivity index (χ2n) is 12.1. The first-order valence-corrected chi connectivity index (χ1v) is 16.0. The standard InChI is InChI=1S/C42H34B4/c1-3-29-11-5-13-31(23-29)41(33-15-7-19-37(43)25-33,34-16-8-20-38(44)26-34)42(35-17-9-21-39(45)27-35,36-18-10-22-40(46)28-36)32-14-6-12-30(4-2)24-32/h5-28H,3-4H2,1-2H3. The third-order valence-corrected chi connectivity index (χ3v) is 9.38. The monoisotopic (exact) mass is 582 g/mol. The summed E-state index contributed by atoms with van der Waals surface area (Å²) in [4.78, 5) is 0. The molecule has 0 aliphatic heterocycles. The van der Waals surface area contributed by atoms with Gasteiger partial charge in [0.25, 0.3) is 0 Å². The lowest BCUT2D eigenvalue weighted by molar-refractivity contribution is 0.420. The molecule has 0 atom stereocenters. The Kier molecular flexibility index (Phi) is 9.01. The molecule has 0 nitrogen and oxygen atoms in total. The minimum Gasteiger partial charge on any atom is -0.0964 e. The maximum absolute atomic E-state index is 6.69. The highest BCUT2D eigenvalue weighted by molar-refractivity contribution is 6.33. The average Bonchev–Trinajstić information content (AvgIpc) is 3.07. The van der Waals surface area contributed by atoms with Gasteiger partial charge in [0.15, 0.2) is 0 Å². The van der Waals surface area contributed by atoms with Crippen molar-refractivity contribution in [2.75, 3.05) is 0 Å². The lowest BCUT2D eigenvalue weighted by Gasteiger charge is -2.54. The molecule has 0 heterocycles. The van der Waals surface area contributed by atoms with Gasteiger partial charge in [-0.25, -0.2) is 0 Å². The summed E-state index contributed by atoms with van der Waals surface area (Å²) in [6.07, 6.45) is 1.76. The van der Waals surface area contributed by atoms with E-state index in [2.05, 4.69) is 111 Å². The molecular formula is C42H34B4. The molecule has 6 rings (SSSR count). The van der Waals surface area contributed by atoms with E-state index in [1.807, 2.05) is 48.5 Å². The zero-order valence-corrected chi connectivity index (χ0v) is 26.6. The third kappa shape index (κ3) is 5.39. The maximum Gasteiger partial charge on any atom is 0.113 e. The van der Waals surface area contributed by atoms with E-state index in [1.165, 1.54) is 11.1 Å². The van der Waals surface area contributed by atoms with Gasteiger partial charge < -0.3 is 0 Å². The summed E-state index contributed by atoms with van der Waals surface area (Å²) in [5.74, 6) is 0. The largest absolute Gasteiger partial charge is 0.113 e. The highest BCUT2D eigenvalue weighted by Crippen LogP contribution is 2.59. The van der Waals surface area contributed by atoms with Gasteiger partial charge in [0.2, 0.25) is 0 Å². The number of aryl methyl sites for hydroxylation is 2. The highest BCUT2D eigenvalue weighted by Gasteiger charge is 2.58. The fourth-order valence-electron chi connectivity index (χ4n) is 7.44. The van der Waals surface area contributed by atoms with Crippen molar-refractivity contribution >= 4 is 53.2 Å². The molecule has 0 fully saturated rings. The van der Waals surface area contributed by atoms with Crippen LogP contribution in [0.3, 0.4) is 0 Å². The lowest BCUT2D eigenvalue weighted by atomic mass is 9.46. The molecule has 4 heteroatoms. The molecule has 0 saturated heterocycles. The number of rotatable bonds is 9. The fraction of sp³-hybridized carbons (Fsp3) is 0.143. The Bertz CT molecular complexity index is 1760. The molecule has 0 spiro atoms. The van der Waals surface area contributed by atoms with Crippen molar-refractivity contribution < 1.29 is 0 Å². The predicted octanol–water partition coefficient (Wildman–Crippen LogP) is 5.36. The highest BCUT2D eigenvalue weighted by atomic mass is 14.6. The molecule has 6 aromatic carbocycles. The van der Waals surface area contributed by atoms with Crippen LogP contribution in [-0.2, 0) is 23.7 Å². The number of hydrogen-bond acceptors (Lipinski definition) is 0. The SMILES string of the molecule is [B]c1cccc(C(c2cccc([B])c2)(c2cccc(CC)c2)C(c2cccc([B])c2)(c2cccc([B])c2)c2cccc(CC)c2)c1. The van der Waals surface area contributed by atoms with Gasteiger partial charge in [-0.05, 0) is 57.3 Å². The molecule has 6 aromatic rings. The molecule has 0 aromatic heterocycles. The topological polar surface area (TPSA) is 0 Å². The predicted molar refractivity (Wildman–Crippen MR) is 199 cm³/mol. The van der Waals surface area contributed by atoms with Gasteiger partial charge in [0.05, 0.1) is 10.8 Å². The van der Waals surface area contributed by atoms with E-state index in [0.717, 1.165) is 46.2 Å². The first kappa shape index (κ1) is 31.6. The molecule has 0 bridgehead atoms. The average molecular weight is 582 g/mol. The van der Waals surface area contributed by atoms with E-state index in [1.54, 1.807) is 0 Å². The zero-order valence-electron chi connectivity index (χ0n) is 26.6. The van der Waals surface area contributed by atoms with Crippen molar-refractivity contribution in [3.63, 3.8) is 0 Å². The Labute approximate surface area is 280 Å². The van der Waals surface area contributed by atoms with Gasteiger partial charge in [0.1, 0.15) is 31.4 Å². The minimum atomic E-state index is -0.920. The molecule has 0 amide bonds. The van der Waals surface area contributed by atoms with Crippen LogP contribution in [0.25, 0.3) is 0 Å². The van der Waals surface area contributed by atoms with Gasteiger partial charge >= 0.3 is 0 Å². The summed E-state index contributed by atoms with van der Waals surface area (Å²) >= 11 is 0. The Morgan fingerprint density at radius 2 is 0.587 bits per heavy atom. The molecule has 46 heavy (non-hydrogen) atoms. The van der Waals surface area contributed by atoms with E-state index in [-0.39, 0.29) is 0 Å². The Morgan fingerprint density at radius 1 is 0.348 bits per heavy atom. The van der Waals surface area contributed by atoms with E-state index >= 15 is 0 Å². The first-order valence-electron chi connectivity index (χ1n) is 16.0. The van der Waals surface area contributed by atoms with Crippen LogP contribution >= 0.6 is 0 Å². The van der Waals surface area contributed by atoms with E-state index in [9.17, 15) is 0 Å². The minimum absolute atomic E-state index is 0.675. The maximum atomic E-state index is 6.69. The second kappa shape index (κ2) is 13.1. The molecule has 0 aliphatic carbocycles. The molecular weight excluding hydrogens is 548 g/mol. The van der Waals surface area contributed by atoms with Crippen LogP contribution < -0.4 is 21.9 Å². The van der Waals surface area contributed by atoms with Crippen LogP contribution in [0.4, 0.5) is 0 Å². The number of hydrogen-bond donors (Lipinski definition) is 0. The van der Waals surface area contributed by atoms with Crippen LogP contribution in [0, 0.1) is 0 Å². The molecule has 8 radical (unpaired) electrons. The van der Waals surface area contributed by atoms with E-state index < -0.39 is 10.8 Å². The molecule has 214 valence electrons. The van der Waals surface area contributed by atoms with Gasteiger partial charge in [-0.3, -0.25) is 0 Å². The molecule has 0 saturated carbocycles. The smallest absolute Gasteiger partial charge is 0.0964 e. The van der Waals surface area contributed by atoms with Crippen molar-refractivity contribution in [3.05, 3.63) is 190 Å². The van der Waals surface area contributed by atoms with Crippen LogP contribution in [0.1, 0.15) is 58.4 Å². The van der Waals surface area contributed by atoms with Gasteiger partial charge in [-0.1, -0.05) is 181 Å². The zero-order chi connectivity index (χ0) is 32.3. The third-order valence-electron chi connectivity index (χ3n) is 9.38. The van der Waals surface area contributed by atoms with Gasteiger partial charge in [-0.15, -0.1) is 0 Å². The lowest BCUT2D eigenvalue weighted by Crippen LogP contribution is -2.53. The second-order valence-corrected chi connectivity index (χ2v) is 12.1. The molecule has 0 aliphatic rings. The van der Waals surface area contributed by atoms with Crippen LogP contribution in [0.15, 0.2) is 146 Å². The van der Waals surface area contributed by atoms with Crippen LogP contribution in [0.2, 0.25) is 0 Å². The first-order chi connectivity index (χ1) is 22.3.